The number of methoxy groups -OCH3 is 1. The SMILES string of the molecule is COC(=O)Cc1ccccc1CN1CCNC(=O)C1(C)C. The van der Waals surface area contributed by atoms with Crippen LogP contribution in [0.15, 0.2) is 24.3 Å². The largest absolute Gasteiger partial charge is 0.469 e. The lowest BCUT2D eigenvalue weighted by atomic mass is 9.96. The number of rotatable bonds is 4. The van der Waals surface area contributed by atoms with E-state index in [-0.39, 0.29) is 18.3 Å². The predicted molar refractivity (Wildman–Crippen MR) is 79.7 cm³/mol. The van der Waals surface area contributed by atoms with Crippen molar-refractivity contribution in [1.82, 2.24) is 10.2 Å². The van der Waals surface area contributed by atoms with Crippen molar-refractivity contribution in [3.8, 4) is 0 Å². The highest BCUT2D eigenvalue weighted by Gasteiger charge is 2.37. The number of ether oxygens (including phenoxy) is 1. The maximum absolute atomic E-state index is 12.0. The smallest absolute Gasteiger partial charge is 0.309 e. The average Bonchev–Trinajstić information content (AvgIpc) is 2.46. The summed E-state index contributed by atoms with van der Waals surface area (Å²) in [5, 5.41) is 2.89. The molecule has 5 nitrogen and oxygen atoms in total. The number of piperazine rings is 1. The second-order valence-electron chi connectivity index (χ2n) is 5.76. The minimum atomic E-state index is -0.545. The second kappa shape index (κ2) is 6.26. The van der Waals surface area contributed by atoms with E-state index < -0.39 is 5.54 Å². The fourth-order valence-electron chi connectivity index (χ4n) is 2.54. The highest BCUT2D eigenvalue weighted by molar-refractivity contribution is 5.86. The number of hydrogen-bond acceptors (Lipinski definition) is 4. The highest BCUT2D eigenvalue weighted by atomic mass is 16.5. The fourth-order valence-corrected chi connectivity index (χ4v) is 2.54. The molecule has 0 radical (unpaired) electrons. The van der Waals surface area contributed by atoms with E-state index in [0.717, 1.165) is 17.7 Å². The van der Waals surface area contributed by atoms with Gasteiger partial charge in [0.1, 0.15) is 0 Å². The van der Waals surface area contributed by atoms with Crippen LogP contribution in [-0.2, 0) is 27.3 Å². The van der Waals surface area contributed by atoms with Crippen molar-refractivity contribution in [2.75, 3.05) is 20.2 Å². The third-order valence-corrected chi connectivity index (χ3v) is 4.06. The number of hydrogen-bond donors (Lipinski definition) is 1. The van der Waals surface area contributed by atoms with Crippen LogP contribution in [0.25, 0.3) is 0 Å². The summed E-state index contributed by atoms with van der Waals surface area (Å²) in [4.78, 5) is 25.6. The van der Waals surface area contributed by atoms with E-state index in [4.69, 9.17) is 4.74 Å². The van der Waals surface area contributed by atoms with Gasteiger partial charge in [0.15, 0.2) is 0 Å². The summed E-state index contributed by atoms with van der Waals surface area (Å²) < 4.78 is 4.74. The molecule has 1 aliphatic rings. The fraction of sp³-hybridized carbons (Fsp3) is 0.500. The molecule has 1 amide bonds. The highest BCUT2D eigenvalue weighted by Crippen LogP contribution is 2.22. The normalized spacial score (nSPS) is 18.1. The molecule has 5 heteroatoms. The minimum absolute atomic E-state index is 0.0409. The summed E-state index contributed by atoms with van der Waals surface area (Å²) in [5.74, 6) is -0.211. The minimum Gasteiger partial charge on any atom is -0.469 e. The van der Waals surface area contributed by atoms with Gasteiger partial charge in [0, 0.05) is 19.6 Å². The predicted octanol–water partition coefficient (Wildman–Crippen LogP) is 1.11. The van der Waals surface area contributed by atoms with Gasteiger partial charge in [-0.1, -0.05) is 24.3 Å². The van der Waals surface area contributed by atoms with Gasteiger partial charge in [-0.05, 0) is 25.0 Å². The summed E-state index contributed by atoms with van der Waals surface area (Å²) in [6.45, 7) is 5.94. The summed E-state index contributed by atoms with van der Waals surface area (Å²) in [7, 11) is 1.39. The van der Waals surface area contributed by atoms with Gasteiger partial charge in [-0.2, -0.15) is 0 Å². The molecule has 2 rings (SSSR count). The zero-order valence-corrected chi connectivity index (χ0v) is 12.8. The van der Waals surface area contributed by atoms with Gasteiger partial charge >= 0.3 is 5.97 Å². The monoisotopic (exact) mass is 290 g/mol. The molecule has 1 heterocycles. The van der Waals surface area contributed by atoms with Crippen LogP contribution in [0.3, 0.4) is 0 Å². The van der Waals surface area contributed by atoms with Crippen LogP contribution < -0.4 is 5.32 Å². The van der Waals surface area contributed by atoms with Gasteiger partial charge in [-0.3, -0.25) is 14.5 Å². The van der Waals surface area contributed by atoms with Crippen LogP contribution in [0.1, 0.15) is 25.0 Å². The quantitative estimate of drug-likeness (QED) is 0.844. The van der Waals surface area contributed by atoms with E-state index in [1.807, 2.05) is 38.1 Å². The zero-order valence-electron chi connectivity index (χ0n) is 12.8. The van der Waals surface area contributed by atoms with Gasteiger partial charge in [0.05, 0.1) is 19.1 Å². The Labute approximate surface area is 125 Å². The Kier molecular flexibility index (Phi) is 4.63. The molecular formula is C16H22N2O3. The van der Waals surface area contributed by atoms with Gasteiger partial charge in [-0.25, -0.2) is 0 Å². The van der Waals surface area contributed by atoms with Crippen LogP contribution in [-0.4, -0.2) is 42.5 Å². The first-order valence-electron chi connectivity index (χ1n) is 7.12. The molecule has 1 N–H and O–H groups in total. The molecule has 0 atom stereocenters. The number of nitrogens with one attached hydrogen (secondary N) is 1. The van der Waals surface area contributed by atoms with E-state index in [1.165, 1.54) is 7.11 Å². The molecule has 114 valence electrons. The lowest BCUT2D eigenvalue weighted by Gasteiger charge is -2.41. The molecule has 1 aromatic rings. The first kappa shape index (κ1) is 15.5. The molecular weight excluding hydrogens is 268 g/mol. The third-order valence-electron chi connectivity index (χ3n) is 4.06. The Bertz CT molecular complexity index is 540. The molecule has 0 aliphatic carbocycles. The first-order chi connectivity index (χ1) is 9.95. The second-order valence-corrected chi connectivity index (χ2v) is 5.76. The summed E-state index contributed by atoms with van der Waals surface area (Å²) in [5.41, 5.74) is 1.47. The van der Waals surface area contributed by atoms with Crippen molar-refractivity contribution in [3.63, 3.8) is 0 Å². The van der Waals surface area contributed by atoms with Crippen LogP contribution >= 0.6 is 0 Å². The molecule has 1 aliphatic heterocycles. The van der Waals surface area contributed by atoms with Crippen LogP contribution in [0, 0.1) is 0 Å². The maximum Gasteiger partial charge on any atom is 0.309 e. The topological polar surface area (TPSA) is 58.6 Å². The molecule has 0 unspecified atom stereocenters. The lowest BCUT2D eigenvalue weighted by Crippen LogP contribution is -2.61. The Morgan fingerprint density at radius 1 is 1.33 bits per heavy atom. The molecule has 1 fully saturated rings. The number of carbonyl (C=O) groups excluding carboxylic acids is 2. The molecule has 1 aromatic carbocycles. The summed E-state index contributed by atoms with van der Waals surface area (Å²) >= 11 is 0. The molecule has 0 bridgehead atoms. The standard InChI is InChI=1S/C16H22N2O3/c1-16(2)15(20)17-8-9-18(16)11-13-7-5-4-6-12(13)10-14(19)21-3/h4-7H,8-11H2,1-3H3,(H,17,20). The number of carbonyl (C=O) groups is 2. The molecule has 0 spiro atoms. The Morgan fingerprint density at radius 3 is 2.67 bits per heavy atom. The van der Waals surface area contributed by atoms with E-state index >= 15 is 0 Å². The average molecular weight is 290 g/mol. The van der Waals surface area contributed by atoms with Crippen LogP contribution in [0.5, 0.6) is 0 Å². The summed E-state index contributed by atoms with van der Waals surface area (Å²) in [6, 6.07) is 7.80. The molecule has 1 saturated heterocycles. The van der Waals surface area contributed by atoms with Crippen molar-refractivity contribution in [2.45, 2.75) is 32.4 Å². The van der Waals surface area contributed by atoms with E-state index in [1.54, 1.807) is 0 Å². The lowest BCUT2D eigenvalue weighted by molar-refractivity contribution is -0.140. The number of esters is 1. The Balaban J connectivity index is 2.19. The van der Waals surface area contributed by atoms with Gasteiger partial charge in [0.2, 0.25) is 5.91 Å². The van der Waals surface area contributed by atoms with E-state index in [2.05, 4.69) is 10.2 Å². The molecule has 21 heavy (non-hydrogen) atoms. The zero-order chi connectivity index (χ0) is 15.5. The van der Waals surface area contributed by atoms with E-state index in [0.29, 0.717) is 13.1 Å². The van der Waals surface area contributed by atoms with Crippen molar-refractivity contribution in [1.29, 1.82) is 0 Å². The van der Waals surface area contributed by atoms with Gasteiger partial charge < -0.3 is 10.1 Å². The summed E-state index contributed by atoms with van der Waals surface area (Å²) in [6.07, 6.45) is 0.257. The number of amides is 1. The Hall–Kier alpha value is -1.88. The van der Waals surface area contributed by atoms with Crippen LogP contribution in [0.4, 0.5) is 0 Å². The Morgan fingerprint density at radius 2 is 2.00 bits per heavy atom. The first-order valence-corrected chi connectivity index (χ1v) is 7.12. The van der Waals surface area contributed by atoms with Crippen molar-refractivity contribution in [2.24, 2.45) is 0 Å². The van der Waals surface area contributed by atoms with Gasteiger partial charge in [0.25, 0.3) is 0 Å². The van der Waals surface area contributed by atoms with Crippen molar-refractivity contribution >= 4 is 11.9 Å². The van der Waals surface area contributed by atoms with Crippen LogP contribution in [0.2, 0.25) is 0 Å². The number of benzene rings is 1. The van der Waals surface area contributed by atoms with Crippen molar-refractivity contribution < 1.29 is 14.3 Å². The number of nitrogens with zero attached hydrogens (tertiary/aromatic N) is 1. The molecule has 0 saturated carbocycles. The van der Waals surface area contributed by atoms with Crippen molar-refractivity contribution in [3.05, 3.63) is 35.4 Å². The van der Waals surface area contributed by atoms with E-state index in [9.17, 15) is 9.59 Å². The third kappa shape index (κ3) is 3.42. The molecule has 0 aromatic heterocycles. The van der Waals surface area contributed by atoms with Gasteiger partial charge in [-0.15, -0.1) is 0 Å². The maximum atomic E-state index is 12.0.